The van der Waals surface area contributed by atoms with Crippen LogP contribution in [-0.2, 0) is 18.0 Å². The average Bonchev–Trinajstić information content (AvgIpc) is 3.36. The first-order valence-electron chi connectivity index (χ1n) is 14.0. The second-order valence-electron chi connectivity index (χ2n) is 14.8. The first-order valence-corrected chi connectivity index (χ1v) is 18.7. The van der Waals surface area contributed by atoms with Crippen LogP contribution in [0.15, 0.2) is 16.1 Å². The number of hydrogen-bond donors (Lipinski definition) is 1. The second kappa shape index (κ2) is 10.1. The smallest absolute Gasteiger partial charge is 0.349 e. The van der Waals surface area contributed by atoms with Gasteiger partial charge in [0.1, 0.15) is 18.3 Å². The van der Waals surface area contributed by atoms with Gasteiger partial charge < -0.3 is 22.9 Å². The number of ether oxygens (including phenoxy) is 1. The monoisotopic (exact) mass is 592 g/mol. The molecule has 0 amide bonds. The maximum absolute atomic E-state index is 12.9. The molecule has 224 valence electrons. The Bertz CT molecular complexity index is 1300. The molecule has 13 heteroatoms. The van der Waals surface area contributed by atoms with E-state index in [1.807, 2.05) is 14.1 Å². The van der Waals surface area contributed by atoms with Crippen molar-refractivity contribution in [3.8, 4) is 0 Å². The summed E-state index contributed by atoms with van der Waals surface area (Å²) in [7, 11) is -1.40. The Morgan fingerprint density at radius 2 is 1.77 bits per heavy atom. The van der Waals surface area contributed by atoms with Crippen LogP contribution in [0, 0.1) is 0 Å². The van der Waals surface area contributed by atoms with E-state index in [9.17, 15) is 4.79 Å². The summed E-state index contributed by atoms with van der Waals surface area (Å²) in [5, 5.41) is -0.415. The summed E-state index contributed by atoms with van der Waals surface area (Å²) in [4.78, 5) is 30.7. The van der Waals surface area contributed by atoms with Crippen molar-refractivity contribution in [1.82, 2.24) is 24.4 Å². The molecule has 2 aromatic rings. The van der Waals surface area contributed by atoms with Crippen LogP contribution in [0.3, 0.4) is 0 Å². The van der Waals surface area contributed by atoms with Gasteiger partial charge in [-0.2, -0.15) is 4.98 Å². The molecule has 4 rings (SSSR count). The van der Waals surface area contributed by atoms with Crippen molar-refractivity contribution in [2.75, 3.05) is 20.7 Å². The van der Waals surface area contributed by atoms with E-state index in [4.69, 9.17) is 18.0 Å². The minimum Gasteiger partial charge on any atom is -0.407 e. The summed E-state index contributed by atoms with van der Waals surface area (Å²) in [5.74, 6) is 0.191. The van der Waals surface area contributed by atoms with Crippen LogP contribution in [0.5, 0.6) is 0 Å². The van der Waals surface area contributed by atoms with E-state index in [0.717, 1.165) is 0 Å². The standard InChI is InChI=1S/C27H48N6O5Si2/c1-25(2,3)39(12,13)37-20-19-17(14-35-40(38-19,26(4,5)6)27(7,8)9)36-23(20)33-16-28-18-21(33)30-24(31-22(18)34)29-15-32(10)11/h15-17,19-20,23H,14H2,1-13H3,(H,30,31,34)/b29-15+/t17-,19+,20?,23-/m1/s1. The molecular formula is C27H48N6O5Si2. The van der Waals surface area contributed by atoms with Crippen LogP contribution in [-0.4, -0.2) is 86.6 Å². The fourth-order valence-electron chi connectivity index (χ4n) is 5.52. The van der Waals surface area contributed by atoms with Crippen molar-refractivity contribution < 1.29 is 18.0 Å². The summed E-state index contributed by atoms with van der Waals surface area (Å²) in [5.41, 5.74) is 0.246. The summed E-state index contributed by atoms with van der Waals surface area (Å²) in [6, 6.07) is 0. The van der Waals surface area contributed by atoms with E-state index in [1.54, 1.807) is 22.1 Å². The van der Waals surface area contributed by atoms with Crippen LogP contribution in [0.1, 0.15) is 68.5 Å². The van der Waals surface area contributed by atoms with E-state index in [2.05, 4.69) is 95.4 Å². The molecule has 0 saturated carbocycles. The van der Waals surface area contributed by atoms with Gasteiger partial charge >= 0.3 is 8.56 Å². The predicted molar refractivity (Wildman–Crippen MR) is 162 cm³/mol. The number of rotatable bonds is 5. The molecule has 1 N–H and O–H groups in total. The molecule has 11 nitrogen and oxygen atoms in total. The molecule has 0 aromatic carbocycles. The third-order valence-corrected chi connectivity index (χ3v) is 18.0. The van der Waals surface area contributed by atoms with Crippen molar-refractivity contribution in [2.24, 2.45) is 4.99 Å². The molecule has 2 fully saturated rings. The first-order chi connectivity index (χ1) is 18.2. The Labute approximate surface area is 240 Å². The minimum absolute atomic E-state index is 0.0379. The summed E-state index contributed by atoms with van der Waals surface area (Å²) in [6.07, 6.45) is 1.46. The van der Waals surface area contributed by atoms with E-state index >= 15 is 0 Å². The number of imidazole rings is 1. The molecule has 4 heterocycles. The largest absolute Gasteiger partial charge is 0.407 e. The Kier molecular flexibility index (Phi) is 7.85. The third-order valence-electron chi connectivity index (χ3n) is 8.35. The maximum Gasteiger partial charge on any atom is 0.349 e. The molecule has 40 heavy (non-hydrogen) atoms. The summed E-state index contributed by atoms with van der Waals surface area (Å²) < 4.78 is 29.5. The molecule has 2 aliphatic heterocycles. The molecule has 0 bridgehead atoms. The lowest BCUT2D eigenvalue weighted by atomic mass is 10.1. The molecule has 4 atom stereocenters. The average molecular weight is 593 g/mol. The summed E-state index contributed by atoms with van der Waals surface area (Å²) in [6.45, 7) is 24.8. The lowest BCUT2D eigenvalue weighted by molar-refractivity contribution is -0.0795. The molecule has 2 aliphatic rings. The van der Waals surface area contributed by atoms with Gasteiger partial charge in [0, 0.05) is 24.2 Å². The maximum atomic E-state index is 12.9. The normalized spacial score (nSPS) is 26.0. The zero-order chi connectivity index (χ0) is 30.1. The van der Waals surface area contributed by atoms with E-state index in [0.29, 0.717) is 12.3 Å². The van der Waals surface area contributed by atoms with Gasteiger partial charge in [-0.1, -0.05) is 62.3 Å². The Hall–Kier alpha value is -1.91. The SMILES string of the molecule is CN(C)/C=N/c1nc2c(ncn2[C@@H]2O[C@@H]3CO[Si](C(C)(C)C)(C(C)(C)C)O[C@@H]3C2O[Si](C)(C)C(C)(C)C)c(=O)[nH]1. The molecule has 1 unspecified atom stereocenters. The highest BCUT2D eigenvalue weighted by Gasteiger charge is 2.66. The van der Waals surface area contributed by atoms with E-state index < -0.39 is 29.2 Å². The van der Waals surface area contributed by atoms with Gasteiger partial charge in [-0.05, 0) is 18.1 Å². The zero-order valence-corrected chi connectivity index (χ0v) is 28.4. The van der Waals surface area contributed by atoms with Crippen molar-refractivity contribution in [3.63, 3.8) is 0 Å². The van der Waals surface area contributed by atoms with E-state index in [1.165, 1.54) is 0 Å². The number of aromatic nitrogens is 4. The quantitative estimate of drug-likeness (QED) is 0.290. The Balaban J connectivity index is 1.85. The Morgan fingerprint density at radius 1 is 1.15 bits per heavy atom. The number of H-pyrrole nitrogens is 1. The molecule has 0 aliphatic carbocycles. The lowest BCUT2D eigenvalue weighted by Crippen LogP contribution is -2.66. The molecule has 0 radical (unpaired) electrons. The fraction of sp³-hybridized carbons (Fsp3) is 0.778. The number of aliphatic imine (C=N–C) groups is 1. The highest BCUT2D eigenvalue weighted by atomic mass is 28.4. The topological polar surface area (TPSA) is 116 Å². The van der Waals surface area contributed by atoms with Crippen molar-refractivity contribution in [1.29, 1.82) is 0 Å². The van der Waals surface area contributed by atoms with Crippen LogP contribution < -0.4 is 5.56 Å². The fourth-order valence-corrected chi connectivity index (χ4v) is 11.8. The number of fused-ring (bicyclic) bond motifs is 2. The third kappa shape index (κ3) is 5.36. The van der Waals surface area contributed by atoms with Crippen LogP contribution in [0.25, 0.3) is 11.2 Å². The summed E-state index contributed by atoms with van der Waals surface area (Å²) >= 11 is 0. The number of hydrogen-bond acceptors (Lipinski definition) is 8. The van der Waals surface area contributed by atoms with Crippen LogP contribution in [0.4, 0.5) is 5.95 Å². The van der Waals surface area contributed by atoms with Crippen molar-refractivity contribution in [2.45, 2.75) is 115 Å². The van der Waals surface area contributed by atoms with Gasteiger partial charge in [-0.25, -0.2) is 9.98 Å². The van der Waals surface area contributed by atoms with Gasteiger partial charge in [-0.3, -0.25) is 14.3 Å². The van der Waals surface area contributed by atoms with Crippen molar-refractivity contribution in [3.05, 3.63) is 16.7 Å². The van der Waals surface area contributed by atoms with Gasteiger partial charge in [0.15, 0.2) is 25.7 Å². The second-order valence-corrected chi connectivity index (χ2v) is 24.4. The molecule has 2 saturated heterocycles. The first kappa shape index (κ1) is 31.0. The van der Waals surface area contributed by atoms with Crippen LogP contribution in [0.2, 0.25) is 28.2 Å². The lowest BCUT2D eigenvalue weighted by Gasteiger charge is -2.54. The minimum atomic E-state index is -2.81. The zero-order valence-electron chi connectivity index (χ0n) is 26.4. The molecular weight excluding hydrogens is 545 g/mol. The highest BCUT2D eigenvalue weighted by Crippen LogP contribution is 2.56. The molecule has 2 aromatic heterocycles. The van der Waals surface area contributed by atoms with Crippen molar-refractivity contribution >= 4 is 40.3 Å². The van der Waals surface area contributed by atoms with Gasteiger partial charge in [-0.15, -0.1) is 0 Å². The van der Waals surface area contributed by atoms with E-state index in [-0.39, 0.29) is 44.3 Å². The number of aromatic amines is 1. The highest BCUT2D eigenvalue weighted by molar-refractivity contribution is 6.74. The van der Waals surface area contributed by atoms with Crippen LogP contribution >= 0.6 is 0 Å². The predicted octanol–water partition coefficient (Wildman–Crippen LogP) is 5.09. The Morgan fingerprint density at radius 3 is 2.33 bits per heavy atom. The van der Waals surface area contributed by atoms with Gasteiger partial charge in [0.2, 0.25) is 5.95 Å². The number of nitrogens with one attached hydrogen (secondary N) is 1. The number of nitrogens with zero attached hydrogens (tertiary/aromatic N) is 5. The molecule has 0 spiro atoms. The van der Waals surface area contributed by atoms with Gasteiger partial charge in [0.05, 0.1) is 19.3 Å². The van der Waals surface area contributed by atoms with Gasteiger partial charge in [0.25, 0.3) is 5.56 Å².